The Labute approximate surface area is 116 Å². The fourth-order valence-electron chi connectivity index (χ4n) is 2.43. The van der Waals surface area contributed by atoms with E-state index in [1.165, 1.54) is 9.78 Å². The minimum absolute atomic E-state index is 0.0505. The second-order valence-corrected chi connectivity index (χ2v) is 6.43. The molecule has 2 amide bonds. The van der Waals surface area contributed by atoms with Crippen molar-refractivity contribution in [3.05, 3.63) is 21.9 Å². The first-order chi connectivity index (χ1) is 8.90. The van der Waals surface area contributed by atoms with Gasteiger partial charge in [-0.1, -0.05) is 0 Å². The molecule has 2 unspecified atom stereocenters. The van der Waals surface area contributed by atoms with Crippen molar-refractivity contribution >= 4 is 23.2 Å². The molecule has 2 N–H and O–H groups in total. The van der Waals surface area contributed by atoms with Crippen LogP contribution >= 0.6 is 11.3 Å². The summed E-state index contributed by atoms with van der Waals surface area (Å²) in [6, 6.07) is 3.34. The van der Waals surface area contributed by atoms with E-state index in [0.29, 0.717) is 13.0 Å². The zero-order chi connectivity index (χ0) is 14.2. The molecule has 0 radical (unpaired) electrons. The number of hydroxylamine groups is 1. The zero-order valence-electron chi connectivity index (χ0n) is 11.3. The monoisotopic (exact) mass is 282 g/mol. The molecular weight excluding hydrogens is 264 g/mol. The Hall–Kier alpha value is -1.40. The van der Waals surface area contributed by atoms with Crippen LogP contribution < -0.4 is 5.48 Å². The summed E-state index contributed by atoms with van der Waals surface area (Å²) in [5.74, 6) is -0.606. The quantitative estimate of drug-likeness (QED) is 0.651. The highest BCUT2D eigenvalue weighted by atomic mass is 32.1. The third-order valence-electron chi connectivity index (χ3n) is 3.83. The second-order valence-electron chi connectivity index (χ2n) is 5.14. The number of hydrogen-bond donors (Lipinski definition) is 2. The van der Waals surface area contributed by atoms with Gasteiger partial charge in [0.2, 0.25) is 5.91 Å². The highest BCUT2D eigenvalue weighted by molar-refractivity contribution is 7.12. The maximum atomic E-state index is 12.6. The molecule has 19 heavy (non-hydrogen) atoms. The van der Waals surface area contributed by atoms with Gasteiger partial charge in [-0.15, -0.1) is 11.3 Å². The molecule has 1 aromatic rings. The highest BCUT2D eigenvalue weighted by Gasteiger charge is 2.47. The first kappa shape index (κ1) is 14.0. The van der Waals surface area contributed by atoms with E-state index in [0.717, 1.165) is 4.88 Å². The number of nitrogens with zero attached hydrogens (tertiary/aromatic N) is 1. The molecule has 0 saturated carbocycles. The fraction of sp³-hybridized carbons (Fsp3) is 0.538. The largest absolute Gasteiger partial charge is 0.330 e. The van der Waals surface area contributed by atoms with E-state index in [9.17, 15) is 9.59 Å². The summed E-state index contributed by atoms with van der Waals surface area (Å²) in [6.45, 7) is 6.08. The summed E-state index contributed by atoms with van der Waals surface area (Å²) in [7, 11) is 0. The maximum absolute atomic E-state index is 12.6. The Morgan fingerprint density at radius 3 is 2.79 bits per heavy atom. The van der Waals surface area contributed by atoms with Crippen LogP contribution in [0, 0.1) is 6.92 Å². The Bertz CT molecular complexity index is 514. The predicted octanol–water partition coefficient (Wildman–Crippen LogP) is 1.44. The topological polar surface area (TPSA) is 69.6 Å². The average Bonchev–Trinajstić information content (AvgIpc) is 2.95. The molecule has 6 heteroatoms. The summed E-state index contributed by atoms with van der Waals surface area (Å²) >= 11 is 1.62. The first-order valence-electron chi connectivity index (χ1n) is 6.22. The van der Waals surface area contributed by atoms with Crippen LogP contribution in [0.4, 0.5) is 0 Å². The number of aryl methyl sites for hydroxylation is 1. The maximum Gasteiger partial charge on any atom is 0.265 e. The van der Waals surface area contributed by atoms with E-state index >= 15 is 0 Å². The lowest BCUT2D eigenvalue weighted by molar-refractivity contribution is -0.143. The zero-order valence-corrected chi connectivity index (χ0v) is 12.1. The first-order valence-corrected chi connectivity index (χ1v) is 7.03. The minimum Gasteiger partial charge on any atom is -0.330 e. The normalized spacial score (nSPS) is 24.6. The molecule has 1 aliphatic heterocycles. The number of thiophene rings is 1. The highest BCUT2D eigenvalue weighted by Crippen LogP contribution is 2.39. The molecule has 2 heterocycles. The van der Waals surface area contributed by atoms with Crippen molar-refractivity contribution in [2.45, 2.75) is 38.6 Å². The van der Waals surface area contributed by atoms with Gasteiger partial charge in [0.15, 0.2) is 0 Å². The summed E-state index contributed by atoms with van der Waals surface area (Å²) < 4.78 is 0. The van der Waals surface area contributed by atoms with Crippen LogP contribution in [-0.2, 0) is 15.0 Å². The lowest BCUT2D eigenvalue weighted by Crippen LogP contribution is -2.47. The standard InChI is InChI=1S/C13H18N2O3S/c1-8-4-5-10(19-8)13(3)6-7-15(12(13)17)9(2)11(16)14-18/h4-5,9,18H,6-7H2,1-3H3,(H,14,16). The number of rotatable bonds is 3. The van der Waals surface area contributed by atoms with Gasteiger partial charge in [0.05, 0.1) is 5.41 Å². The van der Waals surface area contributed by atoms with Crippen LogP contribution in [0.1, 0.15) is 30.0 Å². The van der Waals surface area contributed by atoms with Gasteiger partial charge in [-0.3, -0.25) is 14.8 Å². The number of hydrogen-bond acceptors (Lipinski definition) is 4. The van der Waals surface area contributed by atoms with Crippen molar-refractivity contribution in [2.75, 3.05) is 6.54 Å². The van der Waals surface area contributed by atoms with Crippen molar-refractivity contribution in [3.63, 3.8) is 0 Å². The molecule has 2 atom stereocenters. The van der Waals surface area contributed by atoms with E-state index in [-0.39, 0.29) is 5.91 Å². The van der Waals surface area contributed by atoms with Crippen LogP contribution in [0.3, 0.4) is 0 Å². The SMILES string of the molecule is Cc1ccc(C2(C)CCN(C(C)C(=O)NO)C2=O)s1. The van der Waals surface area contributed by atoms with Crippen molar-refractivity contribution in [1.82, 2.24) is 10.4 Å². The van der Waals surface area contributed by atoms with Crippen molar-refractivity contribution in [3.8, 4) is 0 Å². The van der Waals surface area contributed by atoms with Gasteiger partial charge < -0.3 is 4.90 Å². The van der Waals surface area contributed by atoms with Crippen molar-refractivity contribution in [2.24, 2.45) is 0 Å². The van der Waals surface area contributed by atoms with Gasteiger partial charge in [-0.2, -0.15) is 0 Å². The number of likely N-dealkylation sites (tertiary alicyclic amines) is 1. The summed E-state index contributed by atoms with van der Waals surface area (Å²) in [5.41, 5.74) is 1.05. The third-order valence-corrected chi connectivity index (χ3v) is 5.09. The third kappa shape index (κ3) is 2.26. The van der Waals surface area contributed by atoms with Crippen LogP contribution in [0.5, 0.6) is 0 Å². The van der Waals surface area contributed by atoms with Crippen LogP contribution in [0.2, 0.25) is 0 Å². The van der Waals surface area contributed by atoms with Gasteiger partial charge in [-0.25, -0.2) is 5.48 Å². The number of carbonyl (C=O) groups is 2. The van der Waals surface area contributed by atoms with E-state index in [1.807, 2.05) is 26.0 Å². The predicted molar refractivity (Wildman–Crippen MR) is 72.1 cm³/mol. The van der Waals surface area contributed by atoms with Crippen LogP contribution in [0.15, 0.2) is 12.1 Å². The Morgan fingerprint density at radius 1 is 1.58 bits per heavy atom. The smallest absolute Gasteiger partial charge is 0.265 e. The van der Waals surface area contributed by atoms with E-state index in [2.05, 4.69) is 0 Å². The number of nitrogens with one attached hydrogen (secondary N) is 1. The molecule has 104 valence electrons. The molecule has 0 spiro atoms. The molecular formula is C13H18N2O3S. The molecule has 1 aliphatic rings. The molecule has 0 aromatic carbocycles. The summed E-state index contributed by atoms with van der Waals surface area (Å²) in [4.78, 5) is 27.7. The molecule has 1 saturated heterocycles. The van der Waals surface area contributed by atoms with E-state index in [4.69, 9.17) is 5.21 Å². The average molecular weight is 282 g/mol. The molecule has 2 rings (SSSR count). The Balaban J connectivity index is 2.24. The Morgan fingerprint density at radius 2 is 2.26 bits per heavy atom. The van der Waals surface area contributed by atoms with E-state index < -0.39 is 17.4 Å². The van der Waals surface area contributed by atoms with Crippen LogP contribution in [-0.4, -0.2) is 34.5 Å². The lowest BCUT2D eigenvalue weighted by Gasteiger charge is -2.26. The molecule has 5 nitrogen and oxygen atoms in total. The minimum atomic E-state index is -0.652. The van der Waals surface area contributed by atoms with Gasteiger partial charge in [0.25, 0.3) is 5.91 Å². The van der Waals surface area contributed by atoms with E-state index in [1.54, 1.807) is 23.7 Å². The van der Waals surface area contributed by atoms with Gasteiger partial charge in [0.1, 0.15) is 6.04 Å². The van der Waals surface area contributed by atoms with Gasteiger partial charge in [0, 0.05) is 16.3 Å². The summed E-state index contributed by atoms with van der Waals surface area (Å²) in [5, 5.41) is 8.67. The van der Waals surface area contributed by atoms with Gasteiger partial charge in [-0.05, 0) is 39.3 Å². The molecule has 1 aromatic heterocycles. The van der Waals surface area contributed by atoms with Crippen molar-refractivity contribution < 1.29 is 14.8 Å². The lowest BCUT2D eigenvalue weighted by atomic mass is 9.87. The molecule has 0 aliphatic carbocycles. The van der Waals surface area contributed by atoms with Crippen molar-refractivity contribution in [1.29, 1.82) is 0 Å². The fourth-order valence-corrected chi connectivity index (χ4v) is 3.47. The number of amides is 2. The number of carbonyl (C=O) groups excluding carboxylic acids is 2. The second kappa shape index (κ2) is 4.94. The molecule has 1 fully saturated rings. The molecule has 0 bridgehead atoms. The Kier molecular flexibility index (Phi) is 3.64. The van der Waals surface area contributed by atoms with Gasteiger partial charge >= 0.3 is 0 Å². The summed E-state index contributed by atoms with van der Waals surface area (Å²) in [6.07, 6.45) is 0.689. The van der Waals surface area contributed by atoms with Crippen LogP contribution in [0.25, 0.3) is 0 Å².